The maximum Gasteiger partial charge on any atom is 0.0362 e. The molecule has 3 saturated heterocycles. The summed E-state index contributed by atoms with van der Waals surface area (Å²) >= 11 is 0. The Balaban J connectivity index is 1.66. The van der Waals surface area contributed by atoms with Crippen molar-refractivity contribution in [2.75, 3.05) is 52.9 Å². The van der Waals surface area contributed by atoms with Crippen molar-refractivity contribution in [1.29, 1.82) is 0 Å². The minimum Gasteiger partial charge on any atom is -0.311 e. The Hall–Kier alpha value is -0.240. The van der Waals surface area contributed by atoms with Crippen LogP contribution in [0.2, 0.25) is 0 Å². The fourth-order valence-electron chi connectivity index (χ4n) is 4.88. The Morgan fingerprint density at radius 1 is 0.708 bits per heavy atom. The molecule has 0 saturated carbocycles. The molecule has 5 atom stereocenters. The van der Waals surface area contributed by atoms with Gasteiger partial charge in [0.15, 0.2) is 0 Å². The Kier molecular flexibility index (Phi) is 5.84. The van der Waals surface area contributed by atoms with E-state index in [0.29, 0.717) is 30.2 Å². The predicted octanol–water partition coefficient (Wildman–Crippen LogP) is 0.529. The monoisotopic (exact) mass is 338 g/mol. The van der Waals surface area contributed by atoms with Gasteiger partial charge in [0.05, 0.1) is 0 Å². The van der Waals surface area contributed by atoms with Crippen LogP contribution in [0.1, 0.15) is 34.6 Å². The molecule has 0 aromatic rings. The van der Waals surface area contributed by atoms with Crippen molar-refractivity contribution in [3.8, 4) is 0 Å². The molecule has 0 aromatic carbocycles. The molecule has 5 unspecified atom stereocenters. The Labute approximate surface area is 148 Å². The molecule has 0 bridgehead atoms. The molecule has 3 rings (SSSR count). The third-order valence-corrected chi connectivity index (χ3v) is 6.04. The summed E-state index contributed by atoms with van der Waals surface area (Å²) in [6, 6.07) is 2.91. The zero-order chi connectivity index (χ0) is 17.4. The number of hydrogen-bond donors (Lipinski definition) is 1. The van der Waals surface area contributed by atoms with Crippen molar-refractivity contribution in [3.63, 3.8) is 0 Å². The first kappa shape index (κ1) is 18.5. The smallest absolute Gasteiger partial charge is 0.0362 e. The van der Waals surface area contributed by atoms with E-state index in [4.69, 9.17) is 0 Å². The first-order chi connectivity index (χ1) is 11.4. The molecule has 3 aliphatic heterocycles. The van der Waals surface area contributed by atoms with Crippen molar-refractivity contribution in [2.45, 2.75) is 64.8 Å². The number of likely N-dealkylation sites (N-methyl/N-ethyl adjacent to an activating group) is 1. The Morgan fingerprint density at radius 2 is 1.38 bits per heavy atom. The van der Waals surface area contributed by atoms with Crippen molar-refractivity contribution in [3.05, 3.63) is 0 Å². The SMILES string of the molecule is CC1CN(N2C(C)CN(N3CCN(C)CC3C)CC2C)C(C)CN1. The molecule has 6 nitrogen and oxygen atoms in total. The van der Waals surface area contributed by atoms with Gasteiger partial charge in [-0.05, 0) is 41.7 Å². The molecule has 0 radical (unpaired) electrons. The van der Waals surface area contributed by atoms with E-state index in [1.54, 1.807) is 0 Å². The topological polar surface area (TPSA) is 28.2 Å². The van der Waals surface area contributed by atoms with Gasteiger partial charge in [-0.1, -0.05) is 0 Å². The summed E-state index contributed by atoms with van der Waals surface area (Å²) in [5, 5.41) is 14.2. The molecule has 6 heteroatoms. The van der Waals surface area contributed by atoms with Crippen molar-refractivity contribution < 1.29 is 0 Å². The highest BCUT2D eigenvalue weighted by Crippen LogP contribution is 2.24. The third kappa shape index (κ3) is 3.79. The first-order valence-corrected chi connectivity index (χ1v) is 9.85. The lowest BCUT2D eigenvalue weighted by atomic mass is 10.1. The molecular weight excluding hydrogens is 300 g/mol. The van der Waals surface area contributed by atoms with Gasteiger partial charge in [-0.15, -0.1) is 0 Å². The third-order valence-electron chi connectivity index (χ3n) is 6.04. The van der Waals surface area contributed by atoms with Crippen LogP contribution >= 0.6 is 0 Å². The quantitative estimate of drug-likeness (QED) is 0.790. The lowest BCUT2D eigenvalue weighted by Crippen LogP contribution is -2.71. The fraction of sp³-hybridized carbons (Fsp3) is 1.00. The second-order valence-corrected chi connectivity index (χ2v) is 8.50. The molecule has 1 N–H and O–H groups in total. The molecule has 0 aliphatic carbocycles. The van der Waals surface area contributed by atoms with Crippen LogP contribution in [0.25, 0.3) is 0 Å². The maximum absolute atomic E-state index is 3.61. The van der Waals surface area contributed by atoms with Gasteiger partial charge in [0.2, 0.25) is 0 Å². The van der Waals surface area contributed by atoms with E-state index >= 15 is 0 Å². The summed E-state index contributed by atoms with van der Waals surface area (Å²) < 4.78 is 0. The van der Waals surface area contributed by atoms with Gasteiger partial charge in [0.25, 0.3) is 0 Å². The van der Waals surface area contributed by atoms with Gasteiger partial charge in [-0.3, -0.25) is 0 Å². The Morgan fingerprint density at radius 3 is 2.00 bits per heavy atom. The van der Waals surface area contributed by atoms with Crippen LogP contribution in [-0.2, 0) is 0 Å². The molecule has 0 spiro atoms. The fourth-order valence-corrected chi connectivity index (χ4v) is 4.88. The van der Waals surface area contributed by atoms with Gasteiger partial charge in [-0.2, -0.15) is 0 Å². The number of nitrogens with zero attached hydrogens (tertiary/aromatic N) is 5. The molecular formula is C18H38N6. The van der Waals surface area contributed by atoms with Crippen LogP contribution in [0.4, 0.5) is 0 Å². The van der Waals surface area contributed by atoms with Gasteiger partial charge < -0.3 is 10.2 Å². The normalized spacial score (nSPS) is 42.5. The average Bonchev–Trinajstić information content (AvgIpc) is 2.50. The predicted molar refractivity (Wildman–Crippen MR) is 99.6 cm³/mol. The van der Waals surface area contributed by atoms with Crippen LogP contribution in [0, 0.1) is 0 Å². The van der Waals surface area contributed by atoms with Gasteiger partial charge in [0.1, 0.15) is 0 Å². The highest BCUT2D eigenvalue weighted by atomic mass is 15.7. The maximum atomic E-state index is 3.61. The number of hydrazine groups is 2. The minimum absolute atomic E-state index is 0.563. The number of nitrogens with one attached hydrogen (secondary N) is 1. The van der Waals surface area contributed by atoms with E-state index < -0.39 is 0 Å². The number of hydrogen-bond acceptors (Lipinski definition) is 6. The molecule has 140 valence electrons. The summed E-state index contributed by atoms with van der Waals surface area (Å²) in [5.74, 6) is 0. The minimum atomic E-state index is 0.563. The molecule has 3 heterocycles. The molecule has 24 heavy (non-hydrogen) atoms. The van der Waals surface area contributed by atoms with Gasteiger partial charge in [-0.25, -0.2) is 20.0 Å². The second-order valence-electron chi connectivity index (χ2n) is 8.50. The number of piperazine rings is 3. The largest absolute Gasteiger partial charge is 0.311 e. The van der Waals surface area contributed by atoms with E-state index in [1.165, 1.54) is 13.1 Å². The molecule has 0 amide bonds. The Bertz CT molecular complexity index is 406. The van der Waals surface area contributed by atoms with Crippen molar-refractivity contribution in [2.24, 2.45) is 0 Å². The molecule has 3 aliphatic rings. The second kappa shape index (κ2) is 7.56. The summed E-state index contributed by atoms with van der Waals surface area (Å²) in [6.07, 6.45) is 0. The highest BCUT2D eigenvalue weighted by Gasteiger charge is 2.40. The highest BCUT2D eigenvalue weighted by molar-refractivity contribution is 4.89. The van der Waals surface area contributed by atoms with Gasteiger partial charge in [0, 0.05) is 76.0 Å². The zero-order valence-corrected chi connectivity index (χ0v) is 16.6. The summed E-state index contributed by atoms with van der Waals surface area (Å²) in [7, 11) is 2.24. The van der Waals surface area contributed by atoms with E-state index in [9.17, 15) is 0 Å². The summed E-state index contributed by atoms with van der Waals surface area (Å²) in [4.78, 5) is 2.45. The van der Waals surface area contributed by atoms with E-state index in [0.717, 1.165) is 32.7 Å². The summed E-state index contributed by atoms with van der Waals surface area (Å²) in [6.45, 7) is 19.9. The lowest BCUT2D eigenvalue weighted by Gasteiger charge is -2.56. The lowest BCUT2D eigenvalue weighted by molar-refractivity contribution is -0.197. The van der Waals surface area contributed by atoms with E-state index in [1.807, 2.05) is 0 Å². The van der Waals surface area contributed by atoms with Crippen LogP contribution in [-0.4, -0.2) is 108 Å². The molecule has 3 fully saturated rings. The average molecular weight is 339 g/mol. The molecule has 0 aromatic heterocycles. The van der Waals surface area contributed by atoms with Crippen LogP contribution in [0.3, 0.4) is 0 Å². The van der Waals surface area contributed by atoms with Crippen LogP contribution < -0.4 is 5.32 Å². The van der Waals surface area contributed by atoms with Crippen molar-refractivity contribution >= 4 is 0 Å². The van der Waals surface area contributed by atoms with Crippen LogP contribution in [0.5, 0.6) is 0 Å². The van der Waals surface area contributed by atoms with Crippen LogP contribution in [0.15, 0.2) is 0 Å². The van der Waals surface area contributed by atoms with E-state index in [-0.39, 0.29) is 0 Å². The van der Waals surface area contributed by atoms with Gasteiger partial charge >= 0.3 is 0 Å². The first-order valence-electron chi connectivity index (χ1n) is 9.85. The van der Waals surface area contributed by atoms with E-state index in [2.05, 4.69) is 71.9 Å². The zero-order valence-electron chi connectivity index (χ0n) is 16.6. The standard InChI is InChI=1S/C18H38N6/c1-14-10-23(15(2)9-19-14)24-17(4)12-21(13-18(24)5)22-8-7-20(6)11-16(22)3/h14-19H,7-13H2,1-6H3. The summed E-state index contributed by atoms with van der Waals surface area (Å²) in [5.41, 5.74) is 0. The number of rotatable bonds is 2. The van der Waals surface area contributed by atoms with Crippen molar-refractivity contribution in [1.82, 2.24) is 30.3 Å².